The lowest BCUT2D eigenvalue weighted by Crippen LogP contribution is -2.46. The van der Waals surface area contributed by atoms with Gasteiger partial charge in [0.1, 0.15) is 34.9 Å². The molecule has 9 nitrogen and oxygen atoms in total. The van der Waals surface area contributed by atoms with Crippen LogP contribution in [0.25, 0.3) is 10.8 Å². The molecule has 0 radical (unpaired) electrons. The summed E-state index contributed by atoms with van der Waals surface area (Å²) >= 11 is 0. The lowest BCUT2D eigenvalue weighted by molar-refractivity contribution is -0.117. The Kier molecular flexibility index (Phi) is 4.90. The highest BCUT2D eigenvalue weighted by atomic mass is 16.5. The maximum atomic E-state index is 12.8. The molecule has 4 rings (SSSR count). The van der Waals surface area contributed by atoms with Gasteiger partial charge in [-0.2, -0.15) is 5.26 Å². The summed E-state index contributed by atoms with van der Waals surface area (Å²) in [6, 6.07) is 2.29. The van der Waals surface area contributed by atoms with Gasteiger partial charge in [0.05, 0.1) is 24.0 Å². The molecule has 4 heterocycles. The molecule has 1 saturated heterocycles. The first-order chi connectivity index (χ1) is 14.3. The Balaban J connectivity index is 2.00. The van der Waals surface area contributed by atoms with Gasteiger partial charge in [-0.15, -0.1) is 0 Å². The fraction of sp³-hybridized carbons (Fsp3) is 0.524. The SMILES string of the molecule is CC[C@H](C)N1C(=O)Cc2c1nc(N)c1c(N)nc(N3C[C@@H](C)O[C@@H](C)C3)c(C#N)c21. The van der Waals surface area contributed by atoms with Gasteiger partial charge in [-0.25, -0.2) is 9.97 Å². The van der Waals surface area contributed by atoms with E-state index in [4.69, 9.17) is 16.2 Å². The predicted molar refractivity (Wildman–Crippen MR) is 116 cm³/mol. The molecule has 158 valence electrons. The quantitative estimate of drug-likeness (QED) is 0.786. The summed E-state index contributed by atoms with van der Waals surface area (Å²) in [7, 11) is 0. The summed E-state index contributed by atoms with van der Waals surface area (Å²) in [5.74, 6) is 1.38. The molecule has 0 aliphatic carbocycles. The van der Waals surface area contributed by atoms with E-state index in [1.807, 2.05) is 32.6 Å². The van der Waals surface area contributed by atoms with Crippen LogP contribution in [0.15, 0.2) is 0 Å². The molecule has 2 aromatic rings. The zero-order valence-electron chi connectivity index (χ0n) is 17.8. The smallest absolute Gasteiger partial charge is 0.232 e. The number of amides is 1. The van der Waals surface area contributed by atoms with Crippen molar-refractivity contribution in [3.8, 4) is 6.07 Å². The molecule has 30 heavy (non-hydrogen) atoms. The summed E-state index contributed by atoms with van der Waals surface area (Å²) in [5, 5.41) is 11.2. The number of nitrogens with two attached hydrogens (primary N) is 2. The summed E-state index contributed by atoms with van der Waals surface area (Å²) in [5.41, 5.74) is 13.7. The molecule has 0 spiro atoms. The van der Waals surface area contributed by atoms with E-state index in [1.165, 1.54) is 0 Å². The number of carbonyl (C=O) groups excluding carboxylic acids is 1. The number of hydrogen-bond acceptors (Lipinski definition) is 8. The predicted octanol–water partition coefficient (Wildman–Crippen LogP) is 1.97. The third-order valence-electron chi connectivity index (χ3n) is 5.95. The van der Waals surface area contributed by atoms with Crippen molar-refractivity contribution in [2.45, 2.75) is 58.8 Å². The molecule has 0 unspecified atom stereocenters. The number of nitrogen functional groups attached to an aromatic ring is 2. The molecule has 3 atom stereocenters. The average Bonchev–Trinajstić information content (AvgIpc) is 3.01. The number of pyridine rings is 2. The van der Waals surface area contributed by atoms with E-state index in [-0.39, 0.29) is 42.2 Å². The van der Waals surface area contributed by atoms with Crippen LogP contribution in [0.4, 0.5) is 23.3 Å². The van der Waals surface area contributed by atoms with Crippen molar-refractivity contribution >= 4 is 40.0 Å². The Labute approximate surface area is 175 Å². The first-order valence-electron chi connectivity index (χ1n) is 10.3. The van der Waals surface area contributed by atoms with Gasteiger partial charge >= 0.3 is 0 Å². The van der Waals surface area contributed by atoms with Crippen LogP contribution in [0.5, 0.6) is 0 Å². The van der Waals surface area contributed by atoms with Gasteiger partial charge in [-0.05, 0) is 27.2 Å². The maximum Gasteiger partial charge on any atom is 0.232 e. The molecule has 2 aromatic heterocycles. The Morgan fingerprint density at radius 1 is 1.17 bits per heavy atom. The number of aromatic nitrogens is 2. The van der Waals surface area contributed by atoms with Crippen molar-refractivity contribution < 1.29 is 9.53 Å². The van der Waals surface area contributed by atoms with E-state index in [0.29, 0.717) is 46.6 Å². The van der Waals surface area contributed by atoms with Gasteiger partial charge in [-0.3, -0.25) is 9.69 Å². The normalized spacial score (nSPS) is 22.3. The number of ether oxygens (including phenoxy) is 1. The molecular weight excluding hydrogens is 382 g/mol. The Morgan fingerprint density at radius 2 is 1.77 bits per heavy atom. The highest BCUT2D eigenvalue weighted by Gasteiger charge is 2.36. The van der Waals surface area contributed by atoms with Crippen molar-refractivity contribution in [3.05, 3.63) is 11.1 Å². The zero-order chi connectivity index (χ0) is 21.7. The first kappa shape index (κ1) is 20.2. The monoisotopic (exact) mass is 409 g/mol. The van der Waals surface area contributed by atoms with Crippen molar-refractivity contribution in [1.82, 2.24) is 9.97 Å². The van der Waals surface area contributed by atoms with Crippen LogP contribution in [0.2, 0.25) is 0 Å². The van der Waals surface area contributed by atoms with Crippen molar-refractivity contribution in [3.63, 3.8) is 0 Å². The van der Waals surface area contributed by atoms with E-state index in [0.717, 1.165) is 6.42 Å². The number of nitriles is 1. The Morgan fingerprint density at radius 3 is 2.33 bits per heavy atom. The minimum Gasteiger partial charge on any atom is -0.383 e. The molecule has 2 aliphatic rings. The number of anilines is 4. The fourth-order valence-electron chi connectivity index (χ4n) is 4.55. The second-order valence-electron chi connectivity index (χ2n) is 8.22. The number of carbonyl (C=O) groups is 1. The number of hydrogen-bond donors (Lipinski definition) is 2. The van der Waals surface area contributed by atoms with Gasteiger partial charge in [0.2, 0.25) is 5.91 Å². The molecule has 4 N–H and O–H groups in total. The van der Waals surface area contributed by atoms with Crippen molar-refractivity contribution in [2.24, 2.45) is 0 Å². The molecule has 0 bridgehead atoms. The number of rotatable bonds is 3. The zero-order valence-corrected chi connectivity index (χ0v) is 17.8. The van der Waals surface area contributed by atoms with E-state index >= 15 is 0 Å². The van der Waals surface area contributed by atoms with Crippen LogP contribution in [0.1, 0.15) is 45.2 Å². The van der Waals surface area contributed by atoms with E-state index < -0.39 is 0 Å². The molecule has 1 amide bonds. The van der Waals surface area contributed by atoms with Crippen LogP contribution < -0.4 is 21.3 Å². The summed E-state index contributed by atoms with van der Waals surface area (Å²) in [4.78, 5) is 25.6. The topological polar surface area (TPSA) is 134 Å². The molecule has 2 aliphatic heterocycles. The minimum absolute atomic E-state index is 0.00490. The largest absolute Gasteiger partial charge is 0.383 e. The highest BCUT2D eigenvalue weighted by molar-refractivity contribution is 6.13. The van der Waals surface area contributed by atoms with Gasteiger partial charge in [0.15, 0.2) is 0 Å². The average molecular weight is 409 g/mol. The Hall–Kier alpha value is -3.12. The van der Waals surface area contributed by atoms with Crippen molar-refractivity contribution in [1.29, 1.82) is 5.26 Å². The van der Waals surface area contributed by atoms with Gasteiger partial charge in [0.25, 0.3) is 0 Å². The first-order valence-corrected chi connectivity index (χ1v) is 10.3. The van der Waals surface area contributed by atoms with Gasteiger partial charge in [0, 0.05) is 30.1 Å². The molecular formula is C21H27N7O2. The maximum absolute atomic E-state index is 12.8. The molecule has 0 aromatic carbocycles. The van der Waals surface area contributed by atoms with Crippen LogP contribution in [-0.4, -0.2) is 47.2 Å². The summed E-state index contributed by atoms with van der Waals surface area (Å²) in [6.07, 6.45) is 0.935. The second kappa shape index (κ2) is 7.29. The third kappa shape index (κ3) is 2.99. The highest BCUT2D eigenvalue weighted by Crippen LogP contribution is 2.42. The fourth-order valence-corrected chi connectivity index (χ4v) is 4.55. The summed E-state index contributed by atoms with van der Waals surface area (Å²) in [6.45, 7) is 9.16. The van der Waals surface area contributed by atoms with E-state index in [1.54, 1.807) is 4.90 Å². The lowest BCUT2D eigenvalue weighted by Gasteiger charge is -2.36. The van der Waals surface area contributed by atoms with Crippen LogP contribution in [0, 0.1) is 11.3 Å². The van der Waals surface area contributed by atoms with Gasteiger partial charge in [-0.1, -0.05) is 6.92 Å². The third-order valence-corrected chi connectivity index (χ3v) is 5.95. The molecule has 1 fully saturated rings. The molecule has 0 saturated carbocycles. The van der Waals surface area contributed by atoms with Crippen LogP contribution in [-0.2, 0) is 16.0 Å². The standard InChI is InChI=1S/C21H27N7O2/c1-5-10(2)28-15(29)6-13-16-14(7-22)20(27-8-11(3)30-12(4)9-27)25-18(23)17(16)19(24)26-21(13)28/h10-12H,5-6,8-9H2,1-4H3,(H2,23,25)(H2,24,26)/t10-,11-,12+/m0/s1. The number of morpholine rings is 1. The van der Waals surface area contributed by atoms with Gasteiger partial charge < -0.3 is 21.1 Å². The van der Waals surface area contributed by atoms with Crippen LogP contribution >= 0.6 is 0 Å². The van der Waals surface area contributed by atoms with E-state index in [9.17, 15) is 10.1 Å². The number of nitrogens with zero attached hydrogens (tertiary/aromatic N) is 5. The minimum atomic E-state index is -0.0480. The summed E-state index contributed by atoms with van der Waals surface area (Å²) < 4.78 is 5.82. The second-order valence-corrected chi connectivity index (χ2v) is 8.22. The molecule has 9 heteroatoms. The lowest BCUT2D eigenvalue weighted by atomic mass is 10.00. The Bertz CT molecular complexity index is 1070. The van der Waals surface area contributed by atoms with Crippen molar-refractivity contribution in [2.75, 3.05) is 34.4 Å². The van der Waals surface area contributed by atoms with E-state index in [2.05, 4.69) is 16.0 Å². The number of fused-ring (bicyclic) bond motifs is 3. The van der Waals surface area contributed by atoms with Crippen LogP contribution in [0.3, 0.4) is 0 Å².